The van der Waals surface area contributed by atoms with Crippen LogP contribution in [-0.2, 0) is 6.54 Å². The smallest absolute Gasteiger partial charge is 0.0415 e. The van der Waals surface area contributed by atoms with Gasteiger partial charge in [-0.05, 0) is 45.0 Å². The summed E-state index contributed by atoms with van der Waals surface area (Å²) in [5.74, 6) is 0. The van der Waals surface area contributed by atoms with Crippen LogP contribution in [0.3, 0.4) is 0 Å². The van der Waals surface area contributed by atoms with Gasteiger partial charge in [-0.25, -0.2) is 0 Å². The maximum Gasteiger partial charge on any atom is 0.0415 e. The number of anilines is 1. The molecule has 2 heterocycles. The Morgan fingerprint density at radius 1 is 1.26 bits per heavy atom. The van der Waals surface area contributed by atoms with Crippen LogP contribution in [0.15, 0.2) is 24.3 Å². The molecule has 1 N–H and O–H groups in total. The third kappa shape index (κ3) is 2.49. The summed E-state index contributed by atoms with van der Waals surface area (Å²) in [6.45, 7) is 7.04. The number of nitrogens with zero attached hydrogens (tertiary/aromatic N) is 2. The molecule has 0 aliphatic carbocycles. The Hall–Kier alpha value is -1.06. The maximum absolute atomic E-state index is 3.29. The van der Waals surface area contributed by atoms with Crippen molar-refractivity contribution in [2.75, 3.05) is 31.6 Å². The summed E-state index contributed by atoms with van der Waals surface area (Å²) >= 11 is 0. The highest BCUT2D eigenvalue weighted by Crippen LogP contribution is 2.30. The SMILES string of the molecule is CNCc1ccccc1N1CC2CCCN2CC1C. The van der Waals surface area contributed by atoms with E-state index in [-0.39, 0.29) is 0 Å². The van der Waals surface area contributed by atoms with Gasteiger partial charge in [-0.1, -0.05) is 18.2 Å². The molecule has 0 bridgehead atoms. The van der Waals surface area contributed by atoms with E-state index in [4.69, 9.17) is 0 Å². The first kappa shape index (κ1) is 12.9. The van der Waals surface area contributed by atoms with Crippen LogP contribution in [0.25, 0.3) is 0 Å². The quantitative estimate of drug-likeness (QED) is 0.896. The van der Waals surface area contributed by atoms with E-state index in [1.54, 1.807) is 0 Å². The fourth-order valence-electron chi connectivity index (χ4n) is 3.65. The number of fused-ring (bicyclic) bond motifs is 1. The molecule has 19 heavy (non-hydrogen) atoms. The van der Waals surface area contributed by atoms with Crippen LogP contribution in [0.5, 0.6) is 0 Å². The highest BCUT2D eigenvalue weighted by atomic mass is 15.3. The minimum absolute atomic E-state index is 0.618. The summed E-state index contributed by atoms with van der Waals surface area (Å²) in [6.07, 6.45) is 2.75. The third-order valence-corrected chi connectivity index (χ3v) is 4.61. The summed E-state index contributed by atoms with van der Waals surface area (Å²) in [4.78, 5) is 5.31. The Bertz CT molecular complexity index is 432. The number of para-hydroxylation sites is 1. The van der Waals surface area contributed by atoms with Crippen LogP contribution in [0.2, 0.25) is 0 Å². The molecule has 0 amide bonds. The molecule has 3 rings (SSSR count). The Balaban J connectivity index is 1.84. The first-order valence-electron chi connectivity index (χ1n) is 7.53. The largest absolute Gasteiger partial charge is 0.366 e. The van der Waals surface area contributed by atoms with Crippen molar-refractivity contribution in [1.29, 1.82) is 0 Å². The molecule has 3 nitrogen and oxygen atoms in total. The third-order valence-electron chi connectivity index (χ3n) is 4.61. The standard InChI is InChI=1S/C16H25N3/c1-13-11-18-9-5-7-15(18)12-19(13)16-8-4-3-6-14(16)10-17-2/h3-4,6,8,13,15,17H,5,7,9-12H2,1-2H3. The van der Waals surface area contributed by atoms with Gasteiger partial charge in [0, 0.05) is 37.4 Å². The van der Waals surface area contributed by atoms with Crippen molar-refractivity contribution in [3.8, 4) is 0 Å². The van der Waals surface area contributed by atoms with E-state index in [0.29, 0.717) is 6.04 Å². The monoisotopic (exact) mass is 259 g/mol. The van der Waals surface area contributed by atoms with Crippen molar-refractivity contribution in [3.05, 3.63) is 29.8 Å². The molecule has 2 saturated heterocycles. The van der Waals surface area contributed by atoms with Crippen LogP contribution in [0.1, 0.15) is 25.3 Å². The molecule has 2 atom stereocenters. The number of benzene rings is 1. The van der Waals surface area contributed by atoms with Crippen molar-refractivity contribution in [3.63, 3.8) is 0 Å². The van der Waals surface area contributed by atoms with E-state index in [9.17, 15) is 0 Å². The van der Waals surface area contributed by atoms with Gasteiger partial charge in [0.2, 0.25) is 0 Å². The molecule has 2 aliphatic heterocycles. The zero-order chi connectivity index (χ0) is 13.2. The van der Waals surface area contributed by atoms with E-state index < -0.39 is 0 Å². The number of rotatable bonds is 3. The molecule has 2 aliphatic rings. The predicted molar refractivity (Wildman–Crippen MR) is 80.6 cm³/mol. The lowest BCUT2D eigenvalue weighted by Crippen LogP contribution is -2.55. The number of nitrogens with one attached hydrogen (secondary N) is 1. The lowest BCUT2D eigenvalue weighted by atomic mass is 10.0. The minimum atomic E-state index is 0.618. The van der Waals surface area contributed by atoms with Gasteiger partial charge in [-0.2, -0.15) is 0 Å². The van der Waals surface area contributed by atoms with Crippen molar-refractivity contribution < 1.29 is 0 Å². The lowest BCUT2D eigenvalue weighted by Gasteiger charge is -2.44. The molecule has 0 spiro atoms. The molecule has 1 aromatic carbocycles. The Morgan fingerprint density at radius 3 is 2.95 bits per heavy atom. The van der Waals surface area contributed by atoms with Crippen molar-refractivity contribution in [2.45, 2.75) is 38.4 Å². The number of piperazine rings is 1. The van der Waals surface area contributed by atoms with Crippen molar-refractivity contribution >= 4 is 5.69 Å². The van der Waals surface area contributed by atoms with Gasteiger partial charge in [0.1, 0.15) is 0 Å². The average Bonchev–Trinajstić information content (AvgIpc) is 2.86. The predicted octanol–water partition coefficient (Wildman–Crippen LogP) is 2.08. The van der Waals surface area contributed by atoms with Crippen LogP contribution in [0.4, 0.5) is 5.69 Å². The first-order chi connectivity index (χ1) is 9.29. The van der Waals surface area contributed by atoms with Gasteiger partial charge < -0.3 is 10.2 Å². The normalized spacial score (nSPS) is 27.6. The molecular weight excluding hydrogens is 234 g/mol. The molecule has 2 fully saturated rings. The van der Waals surface area contributed by atoms with Gasteiger partial charge >= 0.3 is 0 Å². The van der Waals surface area contributed by atoms with Gasteiger partial charge in [-0.3, -0.25) is 4.90 Å². The molecule has 0 aromatic heterocycles. The number of hydrogen-bond acceptors (Lipinski definition) is 3. The van der Waals surface area contributed by atoms with Gasteiger partial charge in [0.05, 0.1) is 0 Å². The highest BCUT2D eigenvalue weighted by molar-refractivity contribution is 5.55. The summed E-state index contributed by atoms with van der Waals surface area (Å²) < 4.78 is 0. The van der Waals surface area contributed by atoms with E-state index in [2.05, 4.69) is 46.3 Å². The fraction of sp³-hybridized carbons (Fsp3) is 0.625. The Labute approximate surface area is 116 Å². The molecular formula is C16H25N3. The minimum Gasteiger partial charge on any atom is -0.366 e. The van der Waals surface area contributed by atoms with E-state index in [1.807, 2.05) is 7.05 Å². The average molecular weight is 259 g/mol. The summed E-state index contributed by atoms with van der Waals surface area (Å²) in [5, 5.41) is 3.29. The molecule has 1 aromatic rings. The fourth-order valence-corrected chi connectivity index (χ4v) is 3.65. The lowest BCUT2D eigenvalue weighted by molar-refractivity contribution is 0.203. The van der Waals surface area contributed by atoms with E-state index in [0.717, 1.165) is 12.6 Å². The summed E-state index contributed by atoms with van der Waals surface area (Å²) in [7, 11) is 2.02. The van der Waals surface area contributed by atoms with Crippen LogP contribution < -0.4 is 10.2 Å². The van der Waals surface area contributed by atoms with Gasteiger partial charge in [0.25, 0.3) is 0 Å². The van der Waals surface area contributed by atoms with E-state index >= 15 is 0 Å². The maximum atomic E-state index is 3.29. The second-order valence-corrected chi connectivity index (χ2v) is 5.95. The topological polar surface area (TPSA) is 18.5 Å². The first-order valence-corrected chi connectivity index (χ1v) is 7.53. The molecule has 104 valence electrons. The van der Waals surface area contributed by atoms with Gasteiger partial charge in [-0.15, -0.1) is 0 Å². The van der Waals surface area contributed by atoms with Crippen molar-refractivity contribution in [1.82, 2.24) is 10.2 Å². The van der Waals surface area contributed by atoms with Crippen LogP contribution in [0, 0.1) is 0 Å². The Kier molecular flexibility index (Phi) is 3.76. The van der Waals surface area contributed by atoms with Crippen molar-refractivity contribution in [2.24, 2.45) is 0 Å². The number of hydrogen-bond donors (Lipinski definition) is 1. The highest BCUT2D eigenvalue weighted by Gasteiger charge is 2.34. The zero-order valence-corrected chi connectivity index (χ0v) is 12.1. The summed E-state index contributed by atoms with van der Waals surface area (Å²) in [5.41, 5.74) is 2.85. The molecule has 0 saturated carbocycles. The van der Waals surface area contributed by atoms with Crippen LogP contribution >= 0.6 is 0 Å². The zero-order valence-electron chi connectivity index (χ0n) is 12.1. The summed E-state index contributed by atoms with van der Waals surface area (Å²) in [6, 6.07) is 10.2. The second-order valence-electron chi connectivity index (χ2n) is 5.95. The molecule has 2 unspecified atom stereocenters. The second kappa shape index (κ2) is 5.51. The van der Waals surface area contributed by atoms with E-state index in [1.165, 1.54) is 43.7 Å². The van der Waals surface area contributed by atoms with Crippen LogP contribution in [-0.4, -0.2) is 43.7 Å². The Morgan fingerprint density at radius 2 is 2.11 bits per heavy atom. The molecule has 3 heteroatoms. The molecule has 0 radical (unpaired) electrons. The van der Waals surface area contributed by atoms with Gasteiger partial charge in [0.15, 0.2) is 0 Å².